The molecule has 2 aromatic heterocycles. The second kappa shape index (κ2) is 4.88. The van der Waals surface area contributed by atoms with Crippen LogP contribution in [0, 0.1) is 6.92 Å². The van der Waals surface area contributed by atoms with Gasteiger partial charge in [0.25, 0.3) is 10.0 Å². The standard InChI is InChI=1S/C11H15N5O2S/c1-3-16-7-10(11(12)14-16)19(17,18)15-9-5-4-8(2)13-6-9/h4-7,15H,3H2,1-2H3,(H2,12,14). The number of nitrogens with one attached hydrogen (secondary N) is 1. The summed E-state index contributed by atoms with van der Waals surface area (Å²) >= 11 is 0. The number of nitrogens with zero attached hydrogens (tertiary/aromatic N) is 3. The first-order chi connectivity index (χ1) is 8.92. The highest BCUT2D eigenvalue weighted by atomic mass is 32.2. The molecule has 0 saturated carbocycles. The predicted molar refractivity (Wildman–Crippen MR) is 72.1 cm³/mol. The van der Waals surface area contributed by atoms with Crippen LogP contribution in [0.25, 0.3) is 0 Å². The van der Waals surface area contributed by atoms with Crippen LogP contribution in [-0.4, -0.2) is 23.2 Å². The molecule has 0 radical (unpaired) electrons. The van der Waals surface area contributed by atoms with Gasteiger partial charge in [-0.05, 0) is 26.0 Å². The summed E-state index contributed by atoms with van der Waals surface area (Å²) < 4.78 is 28.2. The number of rotatable bonds is 4. The lowest BCUT2D eigenvalue weighted by Gasteiger charge is -2.06. The molecule has 102 valence electrons. The number of hydrogen-bond acceptors (Lipinski definition) is 5. The van der Waals surface area contributed by atoms with Gasteiger partial charge in [-0.3, -0.25) is 14.4 Å². The van der Waals surface area contributed by atoms with Crippen molar-refractivity contribution in [2.75, 3.05) is 10.5 Å². The third-order valence-corrected chi connectivity index (χ3v) is 3.93. The first-order valence-corrected chi connectivity index (χ1v) is 7.19. The van der Waals surface area contributed by atoms with Gasteiger partial charge in [0, 0.05) is 18.4 Å². The molecule has 0 fully saturated rings. The van der Waals surface area contributed by atoms with Crippen molar-refractivity contribution in [3.8, 4) is 0 Å². The first-order valence-electron chi connectivity index (χ1n) is 5.71. The number of nitrogen functional groups attached to an aromatic ring is 1. The molecule has 0 spiro atoms. The smallest absolute Gasteiger partial charge is 0.267 e. The van der Waals surface area contributed by atoms with Crippen molar-refractivity contribution in [1.29, 1.82) is 0 Å². The van der Waals surface area contributed by atoms with Gasteiger partial charge < -0.3 is 5.73 Å². The Kier molecular flexibility index (Phi) is 3.43. The number of anilines is 2. The van der Waals surface area contributed by atoms with E-state index in [1.807, 2.05) is 13.8 Å². The Hall–Kier alpha value is -2.09. The summed E-state index contributed by atoms with van der Waals surface area (Å²) in [6.45, 7) is 4.22. The summed E-state index contributed by atoms with van der Waals surface area (Å²) in [5, 5.41) is 3.91. The van der Waals surface area contributed by atoms with E-state index in [9.17, 15) is 8.42 Å². The van der Waals surface area contributed by atoms with E-state index in [1.54, 1.807) is 12.1 Å². The average Bonchev–Trinajstić information content (AvgIpc) is 2.74. The molecule has 2 rings (SSSR count). The molecular formula is C11H15N5O2S. The summed E-state index contributed by atoms with van der Waals surface area (Å²) in [5.74, 6) is -0.0191. The normalized spacial score (nSPS) is 11.5. The molecule has 0 aromatic carbocycles. The molecule has 0 atom stereocenters. The summed E-state index contributed by atoms with van der Waals surface area (Å²) in [6.07, 6.45) is 2.85. The minimum atomic E-state index is -3.74. The highest BCUT2D eigenvalue weighted by Crippen LogP contribution is 2.20. The third-order valence-electron chi connectivity index (χ3n) is 2.53. The van der Waals surface area contributed by atoms with E-state index in [4.69, 9.17) is 5.73 Å². The van der Waals surface area contributed by atoms with Gasteiger partial charge in [0.1, 0.15) is 4.90 Å². The number of sulfonamides is 1. The molecule has 0 aliphatic rings. The van der Waals surface area contributed by atoms with Crippen LogP contribution in [0.3, 0.4) is 0 Å². The number of aromatic nitrogens is 3. The second-order valence-corrected chi connectivity index (χ2v) is 5.68. The average molecular weight is 281 g/mol. The van der Waals surface area contributed by atoms with E-state index in [1.165, 1.54) is 17.1 Å². The zero-order valence-electron chi connectivity index (χ0n) is 10.7. The number of nitrogens with two attached hydrogens (primary N) is 1. The lowest BCUT2D eigenvalue weighted by Crippen LogP contribution is -2.14. The lowest BCUT2D eigenvalue weighted by atomic mass is 10.4. The zero-order chi connectivity index (χ0) is 14.0. The van der Waals surface area contributed by atoms with Crippen molar-refractivity contribution in [1.82, 2.24) is 14.8 Å². The minimum absolute atomic E-state index is 0.0191. The van der Waals surface area contributed by atoms with Gasteiger partial charge in [0.2, 0.25) is 0 Å². The molecule has 0 unspecified atom stereocenters. The fourth-order valence-corrected chi connectivity index (χ4v) is 2.64. The Morgan fingerprint density at radius 1 is 1.42 bits per heavy atom. The maximum Gasteiger partial charge on any atom is 0.267 e. The Morgan fingerprint density at radius 2 is 2.16 bits per heavy atom. The monoisotopic (exact) mass is 281 g/mol. The number of pyridine rings is 1. The first kappa shape index (κ1) is 13.3. The van der Waals surface area contributed by atoms with E-state index in [2.05, 4.69) is 14.8 Å². The maximum absolute atomic E-state index is 12.2. The van der Waals surface area contributed by atoms with E-state index in [0.717, 1.165) is 5.69 Å². The van der Waals surface area contributed by atoms with Crippen LogP contribution in [0.5, 0.6) is 0 Å². The maximum atomic E-state index is 12.2. The second-order valence-electron chi connectivity index (χ2n) is 4.03. The minimum Gasteiger partial charge on any atom is -0.381 e. The molecule has 0 saturated heterocycles. The molecule has 2 heterocycles. The van der Waals surface area contributed by atoms with Gasteiger partial charge in [0.05, 0.1) is 11.9 Å². The molecule has 0 bridgehead atoms. The van der Waals surface area contributed by atoms with Crippen LogP contribution in [0.15, 0.2) is 29.4 Å². The van der Waals surface area contributed by atoms with Crippen molar-refractivity contribution in [2.24, 2.45) is 0 Å². The third kappa shape index (κ3) is 2.84. The predicted octanol–water partition coefficient (Wildman–Crippen LogP) is 0.989. The van der Waals surface area contributed by atoms with Crippen LogP contribution in [-0.2, 0) is 16.6 Å². The van der Waals surface area contributed by atoms with Crippen molar-refractivity contribution in [3.63, 3.8) is 0 Å². The molecular weight excluding hydrogens is 266 g/mol. The molecule has 0 aliphatic carbocycles. The molecule has 0 aliphatic heterocycles. The van der Waals surface area contributed by atoms with Crippen molar-refractivity contribution in [3.05, 3.63) is 30.2 Å². The van der Waals surface area contributed by atoms with Crippen LogP contribution in [0.2, 0.25) is 0 Å². The summed E-state index contributed by atoms with van der Waals surface area (Å²) in [5.41, 5.74) is 6.80. The van der Waals surface area contributed by atoms with Gasteiger partial charge in [0.15, 0.2) is 5.82 Å². The summed E-state index contributed by atoms with van der Waals surface area (Å²) in [7, 11) is -3.74. The van der Waals surface area contributed by atoms with Crippen molar-refractivity contribution in [2.45, 2.75) is 25.3 Å². The van der Waals surface area contributed by atoms with E-state index < -0.39 is 10.0 Å². The topological polar surface area (TPSA) is 103 Å². The van der Waals surface area contributed by atoms with Gasteiger partial charge in [-0.2, -0.15) is 5.10 Å². The quantitative estimate of drug-likeness (QED) is 0.870. The van der Waals surface area contributed by atoms with Crippen LogP contribution in [0.4, 0.5) is 11.5 Å². The van der Waals surface area contributed by atoms with E-state index in [0.29, 0.717) is 12.2 Å². The Bertz CT molecular complexity index is 676. The number of hydrogen-bond donors (Lipinski definition) is 2. The zero-order valence-corrected chi connectivity index (χ0v) is 11.5. The summed E-state index contributed by atoms with van der Waals surface area (Å²) in [6, 6.07) is 3.36. The lowest BCUT2D eigenvalue weighted by molar-refractivity contribution is 0.600. The molecule has 3 N–H and O–H groups in total. The fourth-order valence-electron chi connectivity index (χ4n) is 1.53. The molecule has 2 aromatic rings. The van der Waals surface area contributed by atoms with Crippen LogP contribution in [0.1, 0.15) is 12.6 Å². The van der Waals surface area contributed by atoms with Crippen molar-refractivity contribution >= 4 is 21.5 Å². The summed E-state index contributed by atoms with van der Waals surface area (Å²) in [4.78, 5) is 3.99. The van der Waals surface area contributed by atoms with Gasteiger partial charge >= 0.3 is 0 Å². The molecule has 19 heavy (non-hydrogen) atoms. The van der Waals surface area contributed by atoms with Gasteiger partial charge in [-0.1, -0.05) is 0 Å². The Morgan fingerprint density at radius 3 is 2.68 bits per heavy atom. The highest BCUT2D eigenvalue weighted by Gasteiger charge is 2.21. The van der Waals surface area contributed by atoms with Crippen LogP contribution >= 0.6 is 0 Å². The van der Waals surface area contributed by atoms with E-state index in [-0.39, 0.29) is 10.7 Å². The van der Waals surface area contributed by atoms with Crippen molar-refractivity contribution < 1.29 is 8.42 Å². The van der Waals surface area contributed by atoms with Gasteiger partial charge in [-0.15, -0.1) is 0 Å². The molecule has 0 amide bonds. The highest BCUT2D eigenvalue weighted by molar-refractivity contribution is 7.92. The fraction of sp³-hybridized carbons (Fsp3) is 0.273. The Labute approximate surface area is 111 Å². The van der Waals surface area contributed by atoms with Crippen LogP contribution < -0.4 is 10.5 Å². The number of aryl methyl sites for hydroxylation is 2. The SMILES string of the molecule is CCn1cc(S(=O)(=O)Nc2ccc(C)nc2)c(N)n1. The van der Waals surface area contributed by atoms with Gasteiger partial charge in [-0.25, -0.2) is 8.42 Å². The Balaban J connectivity index is 2.31. The largest absolute Gasteiger partial charge is 0.381 e. The molecule has 7 nitrogen and oxygen atoms in total. The molecule has 8 heteroatoms. The van der Waals surface area contributed by atoms with E-state index >= 15 is 0 Å².